The van der Waals surface area contributed by atoms with E-state index in [1.54, 1.807) is 0 Å². The van der Waals surface area contributed by atoms with Gasteiger partial charge in [0.25, 0.3) is 0 Å². The molecule has 0 aliphatic carbocycles. The standard InChI is InChI=1S/C12H26O5SSi/c1-12(2,3)19(6,7)17-10(11(13)16-4)8-9-18(5,14)15/h10H,8-9H2,1-7H3. The highest BCUT2D eigenvalue weighted by molar-refractivity contribution is 7.90. The second-order valence-corrected chi connectivity index (χ2v) is 13.3. The quantitative estimate of drug-likeness (QED) is 0.554. The van der Waals surface area contributed by atoms with E-state index in [1.165, 1.54) is 7.11 Å². The fraction of sp³-hybridized carbons (Fsp3) is 0.917. The van der Waals surface area contributed by atoms with E-state index in [0.29, 0.717) is 0 Å². The molecule has 0 N–H and O–H groups in total. The first-order valence-corrected chi connectivity index (χ1v) is 11.2. The van der Waals surface area contributed by atoms with E-state index in [1.807, 2.05) is 13.1 Å². The van der Waals surface area contributed by atoms with Gasteiger partial charge in [-0.3, -0.25) is 0 Å². The summed E-state index contributed by atoms with van der Waals surface area (Å²) in [6, 6.07) is 0. The summed E-state index contributed by atoms with van der Waals surface area (Å²) < 4.78 is 33.1. The number of carbonyl (C=O) groups is 1. The number of esters is 1. The van der Waals surface area contributed by atoms with Gasteiger partial charge in [-0.25, -0.2) is 13.2 Å². The zero-order chi connectivity index (χ0) is 15.5. The first-order chi connectivity index (χ1) is 8.30. The van der Waals surface area contributed by atoms with Crippen LogP contribution in [0.2, 0.25) is 18.1 Å². The molecule has 0 radical (unpaired) electrons. The van der Waals surface area contributed by atoms with Crippen molar-refractivity contribution in [3.63, 3.8) is 0 Å². The maximum Gasteiger partial charge on any atom is 0.333 e. The topological polar surface area (TPSA) is 69.7 Å². The molecule has 0 saturated heterocycles. The Morgan fingerprint density at radius 2 is 1.74 bits per heavy atom. The van der Waals surface area contributed by atoms with Crippen molar-refractivity contribution in [3.05, 3.63) is 0 Å². The van der Waals surface area contributed by atoms with Crippen molar-refractivity contribution in [1.82, 2.24) is 0 Å². The predicted octanol–water partition coefficient (Wildman–Crippen LogP) is 1.98. The van der Waals surface area contributed by atoms with Crippen LogP contribution >= 0.6 is 0 Å². The van der Waals surface area contributed by atoms with Crippen LogP contribution in [0, 0.1) is 0 Å². The normalized spacial score (nSPS) is 15.1. The molecule has 0 aromatic heterocycles. The van der Waals surface area contributed by atoms with E-state index < -0.39 is 30.2 Å². The Labute approximate surface area is 117 Å². The molecule has 5 nitrogen and oxygen atoms in total. The number of hydrogen-bond acceptors (Lipinski definition) is 5. The lowest BCUT2D eigenvalue weighted by Crippen LogP contribution is -2.46. The van der Waals surface area contributed by atoms with Crippen LogP contribution in [0.15, 0.2) is 0 Å². The molecule has 0 rings (SSSR count). The summed E-state index contributed by atoms with van der Waals surface area (Å²) in [6.07, 6.45) is 0.478. The molecule has 0 saturated carbocycles. The van der Waals surface area contributed by atoms with Crippen molar-refractivity contribution in [2.75, 3.05) is 19.1 Å². The first kappa shape index (κ1) is 18.6. The molecule has 1 atom stereocenters. The maximum atomic E-state index is 11.7. The lowest BCUT2D eigenvalue weighted by atomic mass is 10.2. The molecular formula is C12H26O5SSi. The smallest absolute Gasteiger partial charge is 0.333 e. The minimum absolute atomic E-state index is 0.0512. The summed E-state index contributed by atoms with van der Waals surface area (Å²) in [6.45, 7) is 10.2. The maximum absolute atomic E-state index is 11.7. The molecule has 0 aliphatic heterocycles. The molecule has 0 aromatic carbocycles. The van der Waals surface area contributed by atoms with Gasteiger partial charge in [-0.2, -0.15) is 0 Å². The highest BCUT2D eigenvalue weighted by Crippen LogP contribution is 2.37. The van der Waals surface area contributed by atoms with Crippen LogP contribution in [0.1, 0.15) is 27.2 Å². The van der Waals surface area contributed by atoms with Crippen molar-refractivity contribution in [3.8, 4) is 0 Å². The van der Waals surface area contributed by atoms with Gasteiger partial charge in [-0.15, -0.1) is 0 Å². The van der Waals surface area contributed by atoms with Gasteiger partial charge in [-0.1, -0.05) is 20.8 Å². The number of sulfone groups is 1. The molecule has 0 amide bonds. The van der Waals surface area contributed by atoms with E-state index in [4.69, 9.17) is 9.16 Å². The van der Waals surface area contributed by atoms with Gasteiger partial charge in [0, 0.05) is 6.26 Å². The third-order valence-electron chi connectivity index (χ3n) is 3.46. The number of methoxy groups -OCH3 is 1. The van der Waals surface area contributed by atoms with Crippen LogP contribution in [0.4, 0.5) is 0 Å². The Bertz CT molecular complexity index is 408. The molecule has 19 heavy (non-hydrogen) atoms. The fourth-order valence-corrected chi connectivity index (χ4v) is 3.13. The SMILES string of the molecule is COC(=O)C(CCS(C)(=O)=O)O[Si](C)(C)C(C)(C)C. The summed E-state index contributed by atoms with van der Waals surface area (Å²) in [5, 5.41) is -0.0512. The van der Waals surface area contributed by atoms with Crippen LogP contribution in [-0.2, 0) is 23.8 Å². The molecular weight excluding hydrogens is 284 g/mol. The first-order valence-electron chi connectivity index (χ1n) is 6.23. The Kier molecular flexibility index (Phi) is 6.23. The average Bonchev–Trinajstić information content (AvgIpc) is 2.20. The number of carbonyl (C=O) groups excluding carboxylic acids is 1. The van der Waals surface area contributed by atoms with Gasteiger partial charge in [0.2, 0.25) is 0 Å². The molecule has 1 unspecified atom stereocenters. The van der Waals surface area contributed by atoms with Crippen LogP contribution in [0.3, 0.4) is 0 Å². The second-order valence-electron chi connectivity index (χ2n) is 6.31. The van der Waals surface area contributed by atoms with Crippen molar-refractivity contribution >= 4 is 24.1 Å². The van der Waals surface area contributed by atoms with E-state index in [9.17, 15) is 13.2 Å². The zero-order valence-electron chi connectivity index (χ0n) is 12.9. The number of hydrogen-bond donors (Lipinski definition) is 0. The third-order valence-corrected chi connectivity index (χ3v) is 8.92. The van der Waals surface area contributed by atoms with Crippen molar-refractivity contribution < 1.29 is 22.4 Å². The fourth-order valence-electron chi connectivity index (χ4n) is 1.21. The average molecular weight is 310 g/mol. The Morgan fingerprint density at radius 3 is 2.05 bits per heavy atom. The Morgan fingerprint density at radius 1 is 1.26 bits per heavy atom. The van der Waals surface area contributed by atoms with Crippen molar-refractivity contribution in [2.24, 2.45) is 0 Å². The predicted molar refractivity (Wildman–Crippen MR) is 78.4 cm³/mol. The summed E-state index contributed by atoms with van der Waals surface area (Å²) >= 11 is 0. The minimum atomic E-state index is -3.12. The molecule has 114 valence electrons. The minimum Gasteiger partial charge on any atom is -0.467 e. The second kappa shape index (κ2) is 6.36. The van der Waals surface area contributed by atoms with Crippen LogP contribution < -0.4 is 0 Å². The zero-order valence-corrected chi connectivity index (χ0v) is 14.8. The molecule has 0 spiro atoms. The van der Waals surface area contributed by atoms with E-state index in [0.717, 1.165) is 6.26 Å². The lowest BCUT2D eigenvalue weighted by Gasteiger charge is -2.38. The largest absolute Gasteiger partial charge is 0.467 e. The Balaban J connectivity index is 4.94. The highest BCUT2D eigenvalue weighted by atomic mass is 32.2. The van der Waals surface area contributed by atoms with Gasteiger partial charge in [-0.05, 0) is 24.6 Å². The summed E-state index contributed by atoms with van der Waals surface area (Å²) in [5.41, 5.74) is 0. The van der Waals surface area contributed by atoms with Crippen LogP contribution in [0.25, 0.3) is 0 Å². The molecule has 7 heteroatoms. The highest BCUT2D eigenvalue weighted by Gasteiger charge is 2.41. The molecule has 0 aromatic rings. The van der Waals surface area contributed by atoms with Crippen LogP contribution in [-0.4, -0.2) is 47.9 Å². The van der Waals surface area contributed by atoms with Gasteiger partial charge < -0.3 is 9.16 Å². The third kappa shape index (κ3) is 6.53. The molecule has 0 bridgehead atoms. The van der Waals surface area contributed by atoms with Gasteiger partial charge in [0.05, 0.1) is 12.9 Å². The monoisotopic (exact) mass is 310 g/mol. The van der Waals surface area contributed by atoms with Crippen LogP contribution in [0.5, 0.6) is 0 Å². The molecule has 0 aliphatic rings. The van der Waals surface area contributed by atoms with E-state index in [2.05, 4.69) is 20.8 Å². The van der Waals surface area contributed by atoms with Crippen molar-refractivity contribution in [2.45, 2.75) is 51.4 Å². The van der Waals surface area contributed by atoms with Gasteiger partial charge in [0.1, 0.15) is 15.9 Å². The lowest BCUT2D eigenvalue weighted by molar-refractivity contribution is -0.149. The Hall–Kier alpha value is -0.403. The van der Waals surface area contributed by atoms with Crippen molar-refractivity contribution in [1.29, 1.82) is 0 Å². The van der Waals surface area contributed by atoms with Gasteiger partial charge >= 0.3 is 5.97 Å². The van der Waals surface area contributed by atoms with E-state index in [-0.39, 0.29) is 17.2 Å². The molecule has 0 heterocycles. The summed E-state index contributed by atoms with van der Waals surface area (Å²) in [7, 11) is -3.98. The number of rotatable bonds is 6. The summed E-state index contributed by atoms with van der Waals surface area (Å²) in [5.74, 6) is -0.588. The van der Waals surface area contributed by atoms with Gasteiger partial charge in [0.15, 0.2) is 8.32 Å². The number of ether oxygens (including phenoxy) is 1. The summed E-state index contributed by atoms with van der Waals surface area (Å²) in [4.78, 5) is 11.7. The van der Waals surface area contributed by atoms with E-state index >= 15 is 0 Å². The molecule has 0 fully saturated rings.